The van der Waals surface area contributed by atoms with Gasteiger partial charge in [-0.15, -0.1) is 0 Å². The van der Waals surface area contributed by atoms with Gasteiger partial charge in [-0.2, -0.15) is 0 Å². The lowest BCUT2D eigenvalue weighted by Gasteiger charge is -2.26. The molecule has 2 unspecified atom stereocenters. The molecule has 0 aromatic heterocycles. The summed E-state index contributed by atoms with van der Waals surface area (Å²) in [6.07, 6.45) is 7.91. The van der Waals surface area contributed by atoms with E-state index >= 15 is 0 Å². The average Bonchev–Trinajstić information content (AvgIpc) is 2.66. The molecule has 1 N–H and O–H groups in total. The first-order valence-corrected chi connectivity index (χ1v) is 9.91. The Kier molecular flexibility index (Phi) is 6.30. The number of nitrogens with zero attached hydrogens (tertiary/aromatic N) is 1. The number of rotatable bonds is 5. The lowest BCUT2D eigenvalue weighted by atomic mass is 9.96. The third-order valence-corrected chi connectivity index (χ3v) is 6.79. The molecule has 0 spiro atoms. The van der Waals surface area contributed by atoms with Crippen LogP contribution in [-0.4, -0.2) is 44.7 Å². The van der Waals surface area contributed by atoms with Crippen molar-refractivity contribution >= 4 is 10.0 Å². The minimum Gasteiger partial charge on any atom is -0.316 e. The summed E-state index contributed by atoms with van der Waals surface area (Å²) in [5.41, 5.74) is 0. The van der Waals surface area contributed by atoms with Crippen molar-refractivity contribution in [3.8, 4) is 0 Å². The summed E-state index contributed by atoms with van der Waals surface area (Å²) < 4.78 is 26.9. The molecule has 2 rings (SSSR count). The summed E-state index contributed by atoms with van der Waals surface area (Å²) in [7, 11) is -3.05. The Hall–Kier alpha value is -0.130. The molecule has 0 aromatic carbocycles. The van der Waals surface area contributed by atoms with Gasteiger partial charge < -0.3 is 5.32 Å². The van der Waals surface area contributed by atoms with Crippen LogP contribution in [0.3, 0.4) is 0 Å². The summed E-state index contributed by atoms with van der Waals surface area (Å²) in [5, 5.41) is 3.31. The Labute approximate surface area is 124 Å². The molecule has 0 aliphatic carbocycles. The highest BCUT2D eigenvalue weighted by molar-refractivity contribution is 7.89. The van der Waals surface area contributed by atoms with Crippen LogP contribution in [0, 0.1) is 11.8 Å². The molecule has 0 radical (unpaired) electrons. The van der Waals surface area contributed by atoms with Gasteiger partial charge in [0.05, 0.1) is 5.75 Å². The van der Waals surface area contributed by atoms with Crippen molar-refractivity contribution in [3.05, 3.63) is 0 Å². The van der Waals surface area contributed by atoms with E-state index in [0.29, 0.717) is 11.7 Å². The summed E-state index contributed by atoms with van der Waals surface area (Å²) in [6, 6.07) is 0. The number of piperidine rings is 1. The lowest BCUT2D eigenvalue weighted by Crippen LogP contribution is -2.40. The highest BCUT2D eigenvalue weighted by Gasteiger charge is 2.29. The highest BCUT2D eigenvalue weighted by atomic mass is 32.2. The second kappa shape index (κ2) is 7.76. The first kappa shape index (κ1) is 16.2. The van der Waals surface area contributed by atoms with Crippen molar-refractivity contribution in [2.24, 2.45) is 11.8 Å². The van der Waals surface area contributed by atoms with Gasteiger partial charge in [-0.1, -0.05) is 19.8 Å². The molecule has 2 fully saturated rings. The second-order valence-electron chi connectivity index (χ2n) is 6.48. The standard InChI is InChI=1S/C15H30N2O2S/c1-2-5-14-7-4-10-17(11-8-14)20(18,19)13-15-6-3-9-16-12-15/h14-16H,2-13H2,1H3. The van der Waals surface area contributed by atoms with Gasteiger partial charge in [-0.05, 0) is 57.0 Å². The molecule has 2 saturated heterocycles. The molecule has 4 nitrogen and oxygen atoms in total. The van der Waals surface area contributed by atoms with Gasteiger partial charge >= 0.3 is 0 Å². The summed E-state index contributed by atoms with van der Waals surface area (Å²) >= 11 is 0. The molecular weight excluding hydrogens is 272 g/mol. The average molecular weight is 302 g/mol. The second-order valence-corrected chi connectivity index (χ2v) is 8.49. The smallest absolute Gasteiger partial charge is 0.214 e. The van der Waals surface area contributed by atoms with Crippen LogP contribution in [0.1, 0.15) is 51.9 Å². The largest absolute Gasteiger partial charge is 0.316 e. The summed E-state index contributed by atoms with van der Waals surface area (Å²) in [6.45, 7) is 5.61. The van der Waals surface area contributed by atoms with Gasteiger partial charge in [0, 0.05) is 13.1 Å². The molecule has 0 aromatic rings. The van der Waals surface area contributed by atoms with E-state index in [2.05, 4.69) is 12.2 Å². The van der Waals surface area contributed by atoms with Crippen LogP contribution in [0.5, 0.6) is 0 Å². The minimum absolute atomic E-state index is 0.309. The molecule has 2 heterocycles. The Bertz CT molecular complexity index is 377. The number of hydrogen-bond donors (Lipinski definition) is 1. The van der Waals surface area contributed by atoms with Crippen LogP contribution >= 0.6 is 0 Å². The predicted octanol–water partition coefficient (Wildman–Crippen LogP) is 2.22. The zero-order valence-corrected chi connectivity index (χ0v) is 13.6. The molecule has 2 atom stereocenters. The van der Waals surface area contributed by atoms with Gasteiger partial charge in [-0.25, -0.2) is 12.7 Å². The van der Waals surface area contributed by atoms with Crippen LogP contribution in [-0.2, 0) is 10.0 Å². The van der Waals surface area contributed by atoms with E-state index in [4.69, 9.17) is 0 Å². The molecule has 5 heteroatoms. The summed E-state index contributed by atoms with van der Waals surface area (Å²) in [4.78, 5) is 0. The van der Waals surface area contributed by atoms with E-state index in [1.807, 2.05) is 0 Å². The molecule has 0 amide bonds. The summed E-state index contributed by atoms with van der Waals surface area (Å²) in [5.74, 6) is 1.39. The van der Waals surface area contributed by atoms with Gasteiger partial charge in [0.1, 0.15) is 0 Å². The lowest BCUT2D eigenvalue weighted by molar-refractivity contribution is 0.375. The van der Waals surface area contributed by atoms with E-state index in [9.17, 15) is 8.42 Å². The Morgan fingerprint density at radius 1 is 1.10 bits per heavy atom. The molecule has 2 aliphatic heterocycles. The van der Waals surface area contributed by atoms with Crippen molar-refractivity contribution in [1.82, 2.24) is 9.62 Å². The maximum absolute atomic E-state index is 12.6. The fourth-order valence-electron chi connectivity index (χ4n) is 3.58. The van der Waals surface area contributed by atoms with E-state index in [-0.39, 0.29) is 0 Å². The number of nitrogens with one attached hydrogen (secondary N) is 1. The van der Waals surface area contributed by atoms with Crippen molar-refractivity contribution < 1.29 is 8.42 Å². The van der Waals surface area contributed by atoms with E-state index < -0.39 is 10.0 Å². The van der Waals surface area contributed by atoms with Gasteiger partial charge in [0.15, 0.2) is 0 Å². The Balaban J connectivity index is 1.88. The van der Waals surface area contributed by atoms with Crippen LogP contribution in [0.15, 0.2) is 0 Å². The van der Waals surface area contributed by atoms with Crippen LogP contribution < -0.4 is 5.32 Å². The number of hydrogen-bond acceptors (Lipinski definition) is 3. The molecule has 0 saturated carbocycles. The first-order valence-electron chi connectivity index (χ1n) is 8.30. The predicted molar refractivity (Wildman–Crippen MR) is 83.2 cm³/mol. The maximum atomic E-state index is 12.6. The zero-order valence-electron chi connectivity index (χ0n) is 12.8. The monoisotopic (exact) mass is 302 g/mol. The maximum Gasteiger partial charge on any atom is 0.214 e. The van der Waals surface area contributed by atoms with Gasteiger partial charge in [-0.3, -0.25) is 0 Å². The molecule has 20 heavy (non-hydrogen) atoms. The highest BCUT2D eigenvalue weighted by Crippen LogP contribution is 2.24. The van der Waals surface area contributed by atoms with Crippen molar-refractivity contribution in [1.29, 1.82) is 0 Å². The molecule has 2 aliphatic rings. The van der Waals surface area contributed by atoms with Crippen molar-refractivity contribution in [3.63, 3.8) is 0 Å². The quantitative estimate of drug-likeness (QED) is 0.847. The molecule has 118 valence electrons. The molecule has 0 bridgehead atoms. The topological polar surface area (TPSA) is 49.4 Å². The zero-order chi connectivity index (χ0) is 14.4. The Morgan fingerprint density at radius 2 is 1.90 bits per heavy atom. The normalized spacial score (nSPS) is 30.1. The SMILES string of the molecule is CCCC1CCCN(S(=O)(=O)CC2CCCNC2)CC1. The van der Waals surface area contributed by atoms with Crippen molar-refractivity contribution in [2.75, 3.05) is 31.9 Å². The van der Waals surface area contributed by atoms with Gasteiger partial charge in [0.2, 0.25) is 10.0 Å². The van der Waals surface area contributed by atoms with Crippen LogP contribution in [0.4, 0.5) is 0 Å². The van der Waals surface area contributed by atoms with Gasteiger partial charge in [0.25, 0.3) is 0 Å². The fourth-order valence-corrected chi connectivity index (χ4v) is 5.47. The Morgan fingerprint density at radius 3 is 2.60 bits per heavy atom. The van der Waals surface area contributed by atoms with Crippen molar-refractivity contribution in [2.45, 2.75) is 51.9 Å². The van der Waals surface area contributed by atoms with E-state index in [1.54, 1.807) is 4.31 Å². The van der Waals surface area contributed by atoms with E-state index in [0.717, 1.165) is 57.8 Å². The fraction of sp³-hybridized carbons (Fsp3) is 1.00. The van der Waals surface area contributed by atoms with Crippen LogP contribution in [0.25, 0.3) is 0 Å². The first-order chi connectivity index (χ1) is 9.62. The third-order valence-electron chi connectivity index (χ3n) is 4.74. The van der Waals surface area contributed by atoms with E-state index in [1.165, 1.54) is 19.3 Å². The van der Waals surface area contributed by atoms with Crippen LogP contribution in [0.2, 0.25) is 0 Å². The third kappa shape index (κ3) is 4.71. The molecular formula is C15H30N2O2S. The number of sulfonamides is 1. The minimum atomic E-state index is -3.05.